The molecule has 20 heavy (non-hydrogen) atoms. The first-order chi connectivity index (χ1) is 9.51. The molecule has 2 rings (SSSR count). The van der Waals surface area contributed by atoms with Crippen molar-refractivity contribution in [2.45, 2.75) is 0 Å². The Bertz CT molecular complexity index is 606. The number of benzene rings is 1. The summed E-state index contributed by atoms with van der Waals surface area (Å²) in [5.41, 5.74) is 1.24. The van der Waals surface area contributed by atoms with Gasteiger partial charge < -0.3 is 10.1 Å². The fourth-order valence-electron chi connectivity index (χ4n) is 1.59. The average Bonchev–Trinajstić information content (AvgIpc) is 2.67. The van der Waals surface area contributed by atoms with Crippen LogP contribution in [-0.2, 0) is 4.79 Å². The maximum absolute atomic E-state index is 11.6. The van der Waals surface area contributed by atoms with Crippen molar-refractivity contribution >= 4 is 61.2 Å². The highest BCUT2D eigenvalue weighted by Crippen LogP contribution is 2.35. The fourth-order valence-corrected chi connectivity index (χ4v) is 3.25. The van der Waals surface area contributed by atoms with Gasteiger partial charge in [0.15, 0.2) is 5.11 Å². The summed E-state index contributed by atoms with van der Waals surface area (Å²) in [5, 5.41) is 5.62. The maximum atomic E-state index is 11.6. The number of hydrogen-bond acceptors (Lipinski definition) is 3. The molecule has 1 fully saturated rings. The molecule has 0 atom stereocenters. The minimum Gasteiger partial charge on any atom is -0.487 e. The van der Waals surface area contributed by atoms with Gasteiger partial charge in [-0.2, -0.15) is 0 Å². The minimum absolute atomic E-state index is 0.241. The van der Waals surface area contributed by atoms with Gasteiger partial charge in [-0.05, 0) is 67.8 Å². The highest BCUT2D eigenvalue weighted by molar-refractivity contribution is 9.11. The molecule has 104 valence electrons. The number of ether oxygens (including phenoxy) is 1. The SMILES string of the molecule is C=CCOc1c(Br)cc(C=C2NC(=S)NC2=O)cc1Br. The fraction of sp³-hybridized carbons (Fsp3) is 0.0769. The molecular weight excluding hydrogens is 408 g/mol. The lowest BCUT2D eigenvalue weighted by Crippen LogP contribution is -2.21. The van der Waals surface area contributed by atoms with E-state index in [9.17, 15) is 4.79 Å². The van der Waals surface area contributed by atoms with Crippen LogP contribution in [0.1, 0.15) is 5.56 Å². The van der Waals surface area contributed by atoms with E-state index in [0.29, 0.717) is 23.2 Å². The maximum Gasteiger partial charge on any atom is 0.273 e. The summed E-state index contributed by atoms with van der Waals surface area (Å²) in [5.74, 6) is 0.445. The lowest BCUT2D eigenvalue weighted by Gasteiger charge is -2.09. The number of carbonyl (C=O) groups excluding carboxylic acids is 1. The van der Waals surface area contributed by atoms with E-state index in [1.165, 1.54) is 0 Å². The number of thiocarbonyl (C=S) groups is 1. The predicted molar refractivity (Wildman–Crippen MR) is 89.4 cm³/mol. The Balaban J connectivity index is 2.31. The predicted octanol–water partition coefficient (Wildman–Crippen LogP) is 3.12. The van der Waals surface area contributed by atoms with Gasteiger partial charge in [0, 0.05) is 0 Å². The van der Waals surface area contributed by atoms with Gasteiger partial charge >= 0.3 is 0 Å². The van der Waals surface area contributed by atoms with Crippen molar-refractivity contribution in [3.63, 3.8) is 0 Å². The van der Waals surface area contributed by atoms with Crippen molar-refractivity contribution in [2.24, 2.45) is 0 Å². The van der Waals surface area contributed by atoms with Gasteiger partial charge in [-0.3, -0.25) is 10.1 Å². The molecule has 4 nitrogen and oxygen atoms in total. The number of rotatable bonds is 4. The molecule has 1 aromatic carbocycles. The first kappa shape index (κ1) is 15.2. The van der Waals surface area contributed by atoms with E-state index in [4.69, 9.17) is 17.0 Å². The highest BCUT2D eigenvalue weighted by atomic mass is 79.9. The third kappa shape index (κ3) is 3.47. The second kappa shape index (κ2) is 6.51. The molecule has 1 aromatic rings. The molecule has 0 aliphatic carbocycles. The van der Waals surface area contributed by atoms with Gasteiger partial charge in [0.2, 0.25) is 0 Å². The summed E-state index contributed by atoms with van der Waals surface area (Å²) in [4.78, 5) is 11.6. The van der Waals surface area contributed by atoms with Crippen molar-refractivity contribution < 1.29 is 9.53 Å². The second-order valence-electron chi connectivity index (χ2n) is 3.88. The Morgan fingerprint density at radius 1 is 1.30 bits per heavy atom. The van der Waals surface area contributed by atoms with E-state index in [2.05, 4.69) is 49.1 Å². The number of nitrogens with one attached hydrogen (secondary N) is 2. The summed E-state index contributed by atoms with van der Waals surface area (Å²) in [7, 11) is 0. The van der Waals surface area contributed by atoms with Crippen molar-refractivity contribution in [1.82, 2.24) is 10.6 Å². The van der Waals surface area contributed by atoms with E-state index in [1.807, 2.05) is 12.1 Å². The van der Waals surface area contributed by atoms with Crippen LogP contribution in [0.25, 0.3) is 6.08 Å². The van der Waals surface area contributed by atoms with E-state index in [-0.39, 0.29) is 5.91 Å². The van der Waals surface area contributed by atoms with Crippen LogP contribution >= 0.6 is 44.1 Å². The van der Waals surface area contributed by atoms with Crippen LogP contribution in [0.2, 0.25) is 0 Å². The third-order valence-corrected chi connectivity index (χ3v) is 3.78. The number of carbonyl (C=O) groups is 1. The summed E-state index contributed by atoms with van der Waals surface area (Å²) >= 11 is 11.8. The number of amides is 1. The molecule has 7 heteroatoms. The zero-order valence-electron chi connectivity index (χ0n) is 10.2. The van der Waals surface area contributed by atoms with Gasteiger partial charge in [-0.25, -0.2) is 0 Å². The van der Waals surface area contributed by atoms with E-state index >= 15 is 0 Å². The molecular formula is C13H10Br2N2O2S. The molecule has 0 aromatic heterocycles. The summed E-state index contributed by atoms with van der Waals surface area (Å²) in [6, 6.07) is 3.71. The van der Waals surface area contributed by atoms with Crippen LogP contribution < -0.4 is 15.4 Å². The zero-order chi connectivity index (χ0) is 14.7. The first-order valence-corrected chi connectivity index (χ1v) is 7.57. The Kier molecular flexibility index (Phi) is 4.95. The number of halogens is 2. The summed E-state index contributed by atoms with van der Waals surface area (Å²) < 4.78 is 7.09. The topological polar surface area (TPSA) is 50.4 Å². The van der Waals surface area contributed by atoms with Crippen LogP contribution in [-0.4, -0.2) is 17.6 Å². The van der Waals surface area contributed by atoms with E-state index in [1.54, 1.807) is 12.2 Å². The van der Waals surface area contributed by atoms with Gasteiger partial charge in [-0.1, -0.05) is 12.7 Å². The number of hydrogen-bond donors (Lipinski definition) is 2. The molecule has 1 heterocycles. The smallest absolute Gasteiger partial charge is 0.273 e. The van der Waals surface area contributed by atoms with Crippen molar-refractivity contribution in [1.29, 1.82) is 0 Å². The monoisotopic (exact) mass is 416 g/mol. The largest absolute Gasteiger partial charge is 0.487 e. The van der Waals surface area contributed by atoms with E-state index < -0.39 is 0 Å². The second-order valence-corrected chi connectivity index (χ2v) is 6.00. The van der Waals surface area contributed by atoms with Crippen molar-refractivity contribution in [3.8, 4) is 5.75 Å². The van der Waals surface area contributed by atoms with Gasteiger partial charge in [0.05, 0.1) is 8.95 Å². The summed E-state index contributed by atoms with van der Waals surface area (Å²) in [6.45, 7) is 4.02. The lowest BCUT2D eigenvalue weighted by atomic mass is 10.2. The van der Waals surface area contributed by atoms with Crippen LogP contribution in [0, 0.1) is 0 Å². The molecule has 0 unspecified atom stereocenters. The molecule has 0 spiro atoms. The quantitative estimate of drug-likeness (QED) is 0.449. The highest BCUT2D eigenvalue weighted by Gasteiger charge is 2.20. The zero-order valence-corrected chi connectivity index (χ0v) is 14.2. The van der Waals surface area contributed by atoms with Gasteiger partial charge in [0.25, 0.3) is 5.91 Å². The molecule has 1 amide bonds. The Morgan fingerprint density at radius 2 is 1.95 bits per heavy atom. The van der Waals surface area contributed by atoms with Crippen LogP contribution in [0.4, 0.5) is 0 Å². The standard InChI is InChI=1S/C13H10Br2N2O2S/c1-2-3-19-11-8(14)4-7(5-9(11)15)6-10-12(18)17-13(20)16-10/h2,4-6H,1,3H2,(H2,16,17,18,20). The van der Waals surface area contributed by atoms with Crippen LogP contribution in [0.3, 0.4) is 0 Å². The Morgan fingerprint density at radius 3 is 2.45 bits per heavy atom. The van der Waals surface area contributed by atoms with Gasteiger partial charge in [0.1, 0.15) is 18.1 Å². The van der Waals surface area contributed by atoms with Gasteiger partial charge in [-0.15, -0.1) is 0 Å². The first-order valence-electron chi connectivity index (χ1n) is 5.58. The minimum atomic E-state index is -0.241. The Labute approximate surface area is 138 Å². The molecule has 1 aliphatic heterocycles. The van der Waals surface area contributed by atoms with Crippen molar-refractivity contribution in [3.05, 3.63) is 45.0 Å². The third-order valence-electron chi connectivity index (χ3n) is 2.40. The summed E-state index contributed by atoms with van der Waals surface area (Å²) in [6.07, 6.45) is 3.38. The molecule has 1 saturated heterocycles. The Hall–Kier alpha value is -1.18. The van der Waals surface area contributed by atoms with E-state index in [0.717, 1.165) is 14.5 Å². The van der Waals surface area contributed by atoms with Crippen LogP contribution in [0.15, 0.2) is 39.4 Å². The normalized spacial score (nSPS) is 16.0. The molecule has 2 N–H and O–H groups in total. The average molecular weight is 418 g/mol. The van der Waals surface area contributed by atoms with Crippen molar-refractivity contribution in [2.75, 3.05) is 6.61 Å². The van der Waals surface area contributed by atoms with Crippen LogP contribution in [0.5, 0.6) is 5.75 Å². The molecule has 0 saturated carbocycles. The molecule has 1 aliphatic rings. The molecule has 0 radical (unpaired) electrons. The molecule has 0 bridgehead atoms. The lowest BCUT2D eigenvalue weighted by molar-refractivity contribution is -0.115.